The molecule has 4 heteroatoms. The van der Waals surface area contributed by atoms with Crippen molar-refractivity contribution >= 4 is 11.9 Å². The Hall–Kier alpha value is -1.84. The summed E-state index contributed by atoms with van der Waals surface area (Å²) < 4.78 is 11.0. The number of esters is 2. The Bertz CT molecular complexity index is 601. The van der Waals surface area contributed by atoms with Gasteiger partial charge in [-0.3, -0.25) is 4.79 Å². The van der Waals surface area contributed by atoms with Crippen LogP contribution < -0.4 is 0 Å². The summed E-state index contributed by atoms with van der Waals surface area (Å²) in [6.07, 6.45) is 6.35. The van der Waals surface area contributed by atoms with Crippen LogP contribution in [-0.2, 0) is 14.3 Å². The van der Waals surface area contributed by atoms with Crippen LogP contribution in [0, 0.1) is 18.3 Å². The summed E-state index contributed by atoms with van der Waals surface area (Å²) in [5.74, 6) is -0.273. The van der Waals surface area contributed by atoms with E-state index < -0.39 is 5.41 Å². The van der Waals surface area contributed by atoms with Crippen LogP contribution in [0.3, 0.4) is 0 Å². The standard InChI is InChI=1S/C20H26O4/c1-14-9-11-15(12-10-14)18(21)24-17-8-5-13-20(17,19(22)23-2)16-6-3-4-7-16/h9-12,16-17H,3-8,13H2,1-2H3. The molecule has 0 aromatic heterocycles. The fraction of sp³-hybridized carbons (Fsp3) is 0.600. The Morgan fingerprint density at radius 1 is 1.04 bits per heavy atom. The van der Waals surface area contributed by atoms with Gasteiger partial charge in [-0.25, -0.2) is 4.79 Å². The number of aryl methyl sites for hydroxylation is 1. The number of hydrogen-bond donors (Lipinski definition) is 0. The van der Waals surface area contributed by atoms with Crippen molar-refractivity contribution in [1.82, 2.24) is 0 Å². The average molecular weight is 330 g/mol. The molecule has 3 rings (SSSR count). The van der Waals surface area contributed by atoms with Crippen molar-refractivity contribution in [3.63, 3.8) is 0 Å². The fourth-order valence-corrected chi connectivity index (χ4v) is 4.55. The number of methoxy groups -OCH3 is 1. The van der Waals surface area contributed by atoms with Crippen LogP contribution in [0.4, 0.5) is 0 Å². The van der Waals surface area contributed by atoms with Gasteiger partial charge < -0.3 is 9.47 Å². The number of benzene rings is 1. The van der Waals surface area contributed by atoms with Gasteiger partial charge >= 0.3 is 11.9 Å². The Morgan fingerprint density at radius 3 is 2.33 bits per heavy atom. The van der Waals surface area contributed by atoms with E-state index in [-0.39, 0.29) is 24.0 Å². The first kappa shape index (κ1) is 17.0. The zero-order chi connectivity index (χ0) is 17.2. The zero-order valence-electron chi connectivity index (χ0n) is 14.5. The Kier molecular flexibility index (Phi) is 4.93. The van der Waals surface area contributed by atoms with E-state index in [1.54, 1.807) is 12.1 Å². The Balaban J connectivity index is 1.83. The van der Waals surface area contributed by atoms with Gasteiger partial charge in [0.05, 0.1) is 12.7 Å². The smallest absolute Gasteiger partial charge is 0.338 e. The number of hydrogen-bond acceptors (Lipinski definition) is 4. The Labute approximate surface area is 143 Å². The minimum atomic E-state index is -0.647. The summed E-state index contributed by atoms with van der Waals surface area (Å²) in [4.78, 5) is 25.2. The van der Waals surface area contributed by atoms with E-state index in [2.05, 4.69) is 0 Å². The highest BCUT2D eigenvalue weighted by molar-refractivity contribution is 5.90. The largest absolute Gasteiger partial charge is 0.468 e. The van der Waals surface area contributed by atoms with Crippen molar-refractivity contribution in [3.05, 3.63) is 35.4 Å². The molecule has 24 heavy (non-hydrogen) atoms. The second-order valence-electron chi connectivity index (χ2n) is 7.17. The van der Waals surface area contributed by atoms with Crippen LogP contribution in [0.2, 0.25) is 0 Å². The molecule has 2 aliphatic carbocycles. The zero-order valence-corrected chi connectivity index (χ0v) is 14.5. The van der Waals surface area contributed by atoms with Crippen LogP contribution >= 0.6 is 0 Å². The van der Waals surface area contributed by atoms with Gasteiger partial charge in [-0.05, 0) is 57.1 Å². The van der Waals surface area contributed by atoms with Gasteiger partial charge in [-0.15, -0.1) is 0 Å². The van der Waals surface area contributed by atoms with Gasteiger partial charge in [-0.2, -0.15) is 0 Å². The quantitative estimate of drug-likeness (QED) is 0.781. The molecule has 1 aromatic carbocycles. The molecule has 0 saturated heterocycles. The number of ether oxygens (including phenoxy) is 2. The van der Waals surface area contributed by atoms with E-state index in [4.69, 9.17) is 9.47 Å². The maximum absolute atomic E-state index is 12.7. The van der Waals surface area contributed by atoms with Crippen molar-refractivity contribution in [1.29, 1.82) is 0 Å². The molecule has 2 fully saturated rings. The summed E-state index contributed by atoms with van der Waals surface area (Å²) in [5.41, 5.74) is 0.992. The summed E-state index contributed by atoms with van der Waals surface area (Å²) in [6, 6.07) is 7.36. The van der Waals surface area contributed by atoms with E-state index in [9.17, 15) is 9.59 Å². The molecule has 2 aliphatic rings. The van der Waals surface area contributed by atoms with Gasteiger partial charge in [0.1, 0.15) is 11.5 Å². The molecule has 0 heterocycles. The molecule has 0 amide bonds. The molecular formula is C20H26O4. The summed E-state index contributed by atoms with van der Waals surface area (Å²) in [5, 5.41) is 0. The van der Waals surface area contributed by atoms with Crippen molar-refractivity contribution in [2.24, 2.45) is 11.3 Å². The lowest BCUT2D eigenvalue weighted by Gasteiger charge is -2.37. The predicted octanol–water partition coefficient (Wildman–Crippen LogP) is 4.05. The van der Waals surface area contributed by atoms with Crippen molar-refractivity contribution in [2.45, 2.75) is 58.0 Å². The summed E-state index contributed by atoms with van der Waals surface area (Å²) >= 11 is 0. The first-order valence-electron chi connectivity index (χ1n) is 8.94. The average Bonchev–Trinajstić information content (AvgIpc) is 3.25. The summed E-state index contributed by atoms with van der Waals surface area (Å²) in [6.45, 7) is 1.98. The third-order valence-corrected chi connectivity index (χ3v) is 5.82. The molecule has 130 valence electrons. The van der Waals surface area contributed by atoms with Gasteiger partial charge in [0.25, 0.3) is 0 Å². The first-order valence-corrected chi connectivity index (χ1v) is 8.94. The molecule has 0 radical (unpaired) electrons. The van der Waals surface area contributed by atoms with E-state index in [0.29, 0.717) is 5.56 Å². The van der Waals surface area contributed by atoms with Crippen LogP contribution in [0.5, 0.6) is 0 Å². The second-order valence-corrected chi connectivity index (χ2v) is 7.17. The topological polar surface area (TPSA) is 52.6 Å². The lowest BCUT2D eigenvalue weighted by molar-refractivity contribution is -0.164. The number of rotatable bonds is 4. The van der Waals surface area contributed by atoms with E-state index in [1.807, 2.05) is 19.1 Å². The molecule has 2 unspecified atom stereocenters. The highest BCUT2D eigenvalue weighted by Gasteiger charge is 2.57. The van der Waals surface area contributed by atoms with Crippen LogP contribution in [0.15, 0.2) is 24.3 Å². The normalized spacial score (nSPS) is 27.2. The SMILES string of the molecule is COC(=O)C1(C2CCCC2)CCCC1OC(=O)c1ccc(C)cc1. The highest BCUT2D eigenvalue weighted by atomic mass is 16.6. The minimum absolute atomic E-state index is 0.200. The number of carbonyl (C=O) groups is 2. The van der Waals surface area contributed by atoms with E-state index in [1.165, 1.54) is 7.11 Å². The van der Waals surface area contributed by atoms with Crippen LogP contribution in [0.1, 0.15) is 60.9 Å². The number of carbonyl (C=O) groups excluding carboxylic acids is 2. The molecule has 2 atom stereocenters. The molecule has 0 N–H and O–H groups in total. The van der Waals surface area contributed by atoms with E-state index >= 15 is 0 Å². The lowest BCUT2D eigenvalue weighted by atomic mass is 9.71. The van der Waals surface area contributed by atoms with Crippen molar-refractivity contribution < 1.29 is 19.1 Å². The van der Waals surface area contributed by atoms with E-state index in [0.717, 1.165) is 50.5 Å². The highest BCUT2D eigenvalue weighted by Crippen LogP contribution is 2.52. The molecule has 2 saturated carbocycles. The van der Waals surface area contributed by atoms with Gasteiger partial charge in [0.15, 0.2) is 0 Å². The van der Waals surface area contributed by atoms with Crippen molar-refractivity contribution in [3.8, 4) is 0 Å². The summed E-state index contributed by atoms with van der Waals surface area (Å²) in [7, 11) is 1.44. The fourth-order valence-electron chi connectivity index (χ4n) is 4.55. The molecule has 0 spiro atoms. The maximum Gasteiger partial charge on any atom is 0.338 e. The Morgan fingerprint density at radius 2 is 1.71 bits per heavy atom. The van der Waals surface area contributed by atoms with Crippen LogP contribution in [0.25, 0.3) is 0 Å². The van der Waals surface area contributed by atoms with Crippen LogP contribution in [-0.4, -0.2) is 25.2 Å². The molecule has 0 aliphatic heterocycles. The first-order chi connectivity index (χ1) is 11.6. The molecule has 4 nitrogen and oxygen atoms in total. The van der Waals surface area contributed by atoms with Gasteiger partial charge in [-0.1, -0.05) is 30.5 Å². The molecule has 0 bridgehead atoms. The lowest BCUT2D eigenvalue weighted by Crippen LogP contribution is -2.46. The van der Waals surface area contributed by atoms with Crippen molar-refractivity contribution in [2.75, 3.05) is 7.11 Å². The third-order valence-electron chi connectivity index (χ3n) is 5.82. The second kappa shape index (κ2) is 6.96. The minimum Gasteiger partial charge on any atom is -0.468 e. The van der Waals surface area contributed by atoms with Gasteiger partial charge in [0.2, 0.25) is 0 Å². The maximum atomic E-state index is 12.7. The molecular weight excluding hydrogens is 304 g/mol. The predicted molar refractivity (Wildman–Crippen MR) is 90.6 cm³/mol. The molecule has 1 aromatic rings. The third kappa shape index (κ3) is 2.94. The monoisotopic (exact) mass is 330 g/mol. The van der Waals surface area contributed by atoms with Gasteiger partial charge in [0, 0.05) is 0 Å².